The molecule has 1 N–H and O–H groups in total. The average Bonchev–Trinajstić information content (AvgIpc) is 2.69. The van der Waals surface area contributed by atoms with Crippen molar-refractivity contribution in [3.8, 4) is 0 Å². The van der Waals surface area contributed by atoms with E-state index in [1.807, 2.05) is 20.9 Å². The maximum atomic E-state index is 12.8. The van der Waals surface area contributed by atoms with Crippen LogP contribution in [0, 0.1) is 11.8 Å². The van der Waals surface area contributed by atoms with Crippen LogP contribution < -0.4 is 5.32 Å². The molecule has 0 aromatic carbocycles. The summed E-state index contributed by atoms with van der Waals surface area (Å²) in [5.41, 5.74) is 0.633. The van der Waals surface area contributed by atoms with E-state index in [2.05, 4.69) is 31.0 Å². The molecule has 0 spiro atoms. The molecule has 1 aliphatic heterocycles. The minimum atomic E-state index is -0.564. The lowest BCUT2D eigenvalue weighted by Gasteiger charge is -2.37. The molecule has 0 aromatic heterocycles. The Bertz CT molecular complexity index is 586. The minimum absolute atomic E-state index is 0.00437. The molecule has 1 aliphatic rings. The Morgan fingerprint density at radius 2 is 1.70 bits per heavy atom. The van der Waals surface area contributed by atoms with Crippen molar-refractivity contribution in [2.75, 3.05) is 27.2 Å². The number of hydrogen-bond donors (Lipinski definition) is 1. The first-order chi connectivity index (χ1) is 14.0. The number of nitrogens with one attached hydrogen (secondary N) is 1. The van der Waals surface area contributed by atoms with Crippen molar-refractivity contribution in [1.29, 1.82) is 0 Å². The van der Waals surface area contributed by atoms with Gasteiger partial charge in [0, 0.05) is 20.1 Å². The first-order valence-corrected chi connectivity index (χ1v) is 11.4. The van der Waals surface area contributed by atoms with Gasteiger partial charge in [0.25, 0.3) is 0 Å². The van der Waals surface area contributed by atoms with Crippen LogP contribution in [0.1, 0.15) is 74.1 Å². The Morgan fingerprint density at radius 1 is 1.13 bits per heavy atom. The van der Waals surface area contributed by atoms with Gasteiger partial charge in [-0.25, -0.2) is 0 Å². The number of rotatable bonds is 8. The summed E-state index contributed by atoms with van der Waals surface area (Å²) < 4.78 is 0. The van der Waals surface area contributed by atoms with E-state index in [4.69, 9.17) is 0 Å². The predicted octanol–water partition coefficient (Wildman–Crippen LogP) is 3.66. The molecule has 1 saturated heterocycles. The summed E-state index contributed by atoms with van der Waals surface area (Å²) in [6.07, 6.45) is 6.01. The third-order valence-electron chi connectivity index (χ3n) is 5.64. The molecular formula is C24H45N3O3. The highest BCUT2D eigenvalue weighted by atomic mass is 16.2. The lowest BCUT2D eigenvalue weighted by atomic mass is 9.90. The van der Waals surface area contributed by atoms with Crippen molar-refractivity contribution in [3.63, 3.8) is 0 Å². The van der Waals surface area contributed by atoms with E-state index in [-0.39, 0.29) is 29.6 Å². The van der Waals surface area contributed by atoms with Crippen molar-refractivity contribution in [1.82, 2.24) is 15.1 Å². The number of carbonyl (C=O) groups excluding carboxylic acids is 3. The largest absolute Gasteiger partial charge is 0.343 e. The molecule has 0 aromatic rings. The van der Waals surface area contributed by atoms with Gasteiger partial charge in [0.2, 0.25) is 11.8 Å². The third kappa shape index (κ3) is 9.41. The molecule has 0 saturated carbocycles. The zero-order valence-corrected chi connectivity index (χ0v) is 20.7. The number of likely N-dealkylation sites (N-methyl/N-ethyl adjacent to an activating group) is 2. The van der Waals surface area contributed by atoms with Crippen LogP contribution in [0.2, 0.25) is 0 Å². The minimum Gasteiger partial charge on any atom is -0.343 e. The number of piperidine rings is 1. The Hall–Kier alpha value is -1.69. The SMILES string of the molecule is CCC.CC[C@H]1CC[C@@H](C(=O)NC(C(=O)N(C)C/C=C(\C)C(C)=O)C(C)C)N(C)C1. The van der Waals surface area contributed by atoms with Gasteiger partial charge in [-0.05, 0) is 51.1 Å². The van der Waals surface area contributed by atoms with Crippen molar-refractivity contribution >= 4 is 17.6 Å². The fraction of sp³-hybridized carbons (Fsp3) is 0.792. The summed E-state index contributed by atoms with van der Waals surface area (Å²) in [5, 5.41) is 2.98. The van der Waals surface area contributed by atoms with Gasteiger partial charge in [-0.1, -0.05) is 53.5 Å². The van der Waals surface area contributed by atoms with Gasteiger partial charge in [0.1, 0.15) is 6.04 Å². The smallest absolute Gasteiger partial charge is 0.245 e. The monoisotopic (exact) mass is 423 g/mol. The zero-order chi connectivity index (χ0) is 23.4. The van der Waals surface area contributed by atoms with Gasteiger partial charge < -0.3 is 10.2 Å². The van der Waals surface area contributed by atoms with Gasteiger partial charge in [-0.15, -0.1) is 0 Å². The highest BCUT2D eigenvalue weighted by molar-refractivity contribution is 5.93. The Balaban J connectivity index is 0.00000263. The van der Waals surface area contributed by atoms with E-state index < -0.39 is 6.04 Å². The van der Waals surface area contributed by atoms with E-state index in [0.29, 0.717) is 18.0 Å². The second-order valence-electron chi connectivity index (χ2n) is 8.91. The van der Waals surface area contributed by atoms with Gasteiger partial charge in [0.05, 0.1) is 6.04 Å². The highest BCUT2D eigenvalue weighted by Gasteiger charge is 2.33. The zero-order valence-electron chi connectivity index (χ0n) is 20.7. The lowest BCUT2D eigenvalue weighted by molar-refractivity contribution is -0.138. The molecule has 0 radical (unpaired) electrons. The van der Waals surface area contributed by atoms with Crippen molar-refractivity contribution in [2.24, 2.45) is 11.8 Å². The van der Waals surface area contributed by atoms with Crippen LogP contribution in [0.3, 0.4) is 0 Å². The molecule has 1 heterocycles. The number of carbonyl (C=O) groups is 3. The van der Waals surface area contributed by atoms with Crippen LogP contribution >= 0.6 is 0 Å². The van der Waals surface area contributed by atoms with Crippen molar-refractivity contribution in [2.45, 2.75) is 86.2 Å². The van der Waals surface area contributed by atoms with Gasteiger partial charge in [-0.3, -0.25) is 19.3 Å². The Labute approximate surface area is 184 Å². The first kappa shape index (κ1) is 28.3. The first-order valence-electron chi connectivity index (χ1n) is 11.4. The van der Waals surface area contributed by atoms with Gasteiger partial charge in [0.15, 0.2) is 5.78 Å². The molecule has 1 fully saturated rings. The number of amides is 2. The molecule has 0 bridgehead atoms. The van der Waals surface area contributed by atoms with E-state index in [0.717, 1.165) is 25.8 Å². The molecule has 2 amide bonds. The molecule has 3 atom stereocenters. The number of Topliss-reactive ketones (excluding diaryl/α,β-unsaturated/α-hetero) is 1. The van der Waals surface area contributed by atoms with Gasteiger partial charge in [-0.2, -0.15) is 0 Å². The molecule has 0 aliphatic carbocycles. The second-order valence-corrected chi connectivity index (χ2v) is 8.91. The summed E-state index contributed by atoms with van der Waals surface area (Å²) in [6.45, 7) is 14.8. The molecule has 174 valence electrons. The van der Waals surface area contributed by atoms with Crippen LogP contribution in [0.4, 0.5) is 0 Å². The summed E-state index contributed by atoms with van der Waals surface area (Å²) in [5.74, 6) is 0.428. The second kappa shape index (κ2) is 14.3. The van der Waals surface area contributed by atoms with E-state index in [1.165, 1.54) is 13.3 Å². The third-order valence-corrected chi connectivity index (χ3v) is 5.64. The summed E-state index contributed by atoms with van der Waals surface area (Å²) >= 11 is 0. The number of likely N-dealkylation sites (tertiary alicyclic amines) is 1. The quantitative estimate of drug-likeness (QED) is 0.605. The summed E-state index contributed by atoms with van der Waals surface area (Å²) in [7, 11) is 3.69. The topological polar surface area (TPSA) is 69.7 Å². The van der Waals surface area contributed by atoms with E-state index in [9.17, 15) is 14.4 Å². The van der Waals surface area contributed by atoms with Crippen LogP contribution in [-0.2, 0) is 14.4 Å². The standard InChI is InChI=1S/C21H37N3O3.C3H8/c1-8-17-9-10-18(24(7)13-17)20(26)22-19(14(2)3)21(27)23(6)12-11-15(4)16(5)25;1-3-2/h11,14,17-19H,8-10,12-13H2,1-7H3,(H,22,26);3H2,1-2H3/b15-11+;/t17-,18-,19?;/m0./s1. The van der Waals surface area contributed by atoms with Crippen LogP contribution in [0.15, 0.2) is 11.6 Å². The highest BCUT2D eigenvalue weighted by Crippen LogP contribution is 2.23. The maximum absolute atomic E-state index is 12.8. The molecule has 6 heteroatoms. The summed E-state index contributed by atoms with van der Waals surface area (Å²) in [4.78, 5) is 40.7. The van der Waals surface area contributed by atoms with E-state index >= 15 is 0 Å². The number of ketones is 1. The average molecular weight is 424 g/mol. The number of nitrogens with zero attached hydrogens (tertiary/aromatic N) is 2. The lowest BCUT2D eigenvalue weighted by Crippen LogP contribution is -2.56. The van der Waals surface area contributed by atoms with Crippen LogP contribution in [-0.4, -0.2) is 66.7 Å². The van der Waals surface area contributed by atoms with Crippen molar-refractivity contribution in [3.05, 3.63) is 11.6 Å². The molecule has 6 nitrogen and oxygen atoms in total. The Morgan fingerprint density at radius 3 is 2.13 bits per heavy atom. The fourth-order valence-electron chi connectivity index (χ4n) is 3.41. The molecular weight excluding hydrogens is 378 g/mol. The molecule has 30 heavy (non-hydrogen) atoms. The van der Waals surface area contributed by atoms with Crippen LogP contribution in [0.5, 0.6) is 0 Å². The van der Waals surface area contributed by atoms with Crippen LogP contribution in [0.25, 0.3) is 0 Å². The normalized spacial score (nSPS) is 20.8. The molecule has 1 unspecified atom stereocenters. The molecule has 1 rings (SSSR count). The van der Waals surface area contributed by atoms with Gasteiger partial charge >= 0.3 is 0 Å². The van der Waals surface area contributed by atoms with E-state index in [1.54, 1.807) is 24.9 Å². The number of allylic oxidation sites excluding steroid dienone is 1. The number of hydrogen-bond acceptors (Lipinski definition) is 4. The van der Waals surface area contributed by atoms with Crippen molar-refractivity contribution < 1.29 is 14.4 Å². The predicted molar refractivity (Wildman–Crippen MR) is 124 cm³/mol. The fourth-order valence-corrected chi connectivity index (χ4v) is 3.41. The Kier molecular flexibility index (Phi) is 13.5. The maximum Gasteiger partial charge on any atom is 0.245 e. The summed E-state index contributed by atoms with van der Waals surface area (Å²) in [6, 6.07) is -0.738.